The molecule has 5 nitrogen and oxygen atoms in total. The van der Waals surface area contributed by atoms with Gasteiger partial charge in [0.1, 0.15) is 0 Å². The van der Waals surface area contributed by atoms with Gasteiger partial charge in [0, 0.05) is 23.3 Å². The van der Waals surface area contributed by atoms with Crippen molar-refractivity contribution >= 4 is 16.7 Å². The maximum Gasteiger partial charge on any atom is 0.339 e. The van der Waals surface area contributed by atoms with Crippen LogP contribution in [0.1, 0.15) is 18.5 Å². The minimum atomic E-state index is -1.14. The molecule has 92 valence electrons. The number of ether oxygens (including phenoxy) is 1. The second-order valence-electron chi connectivity index (χ2n) is 3.70. The summed E-state index contributed by atoms with van der Waals surface area (Å²) in [6.45, 7) is 1.90. The van der Waals surface area contributed by atoms with E-state index in [0.717, 1.165) is 10.8 Å². The normalized spacial score (nSPS) is 12.1. The Morgan fingerprint density at radius 3 is 3.00 bits per heavy atom. The van der Waals surface area contributed by atoms with E-state index >= 15 is 0 Å². The van der Waals surface area contributed by atoms with E-state index < -0.39 is 12.0 Å². The van der Waals surface area contributed by atoms with Gasteiger partial charge in [-0.05, 0) is 23.6 Å². The highest BCUT2D eigenvalue weighted by Gasteiger charge is 2.24. The van der Waals surface area contributed by atoms with E-state index in [-0.39, 0.29) is 6.61 Å². The van der Waals surface area contributed by atoms with Gasteiger partial charge in [0.25, 0.3) is 0 Å². The molecule has 1 aromatic heterocycles. The number of benzene rings is 1. The van der Waals surface area contributed by atoms with Crippen molar-refractivity contribution in [3.8, 4) is 0 Å². The van der Waals surface area contributed by atoms with Gasteiger partial charge in [0.2, 0.25) is 6.04 Å². The standard InChI is InChI=1S/C13H12N2O3/c1-2-18-13(16)12(15-17)10-5-3-4-9-6-7-14-8-11(9)10/h3-8,12H,2H2,1H3. The first-order chi connectivity index (χ1) is 8.77. The molecule has 0 aliphatic carbocycles. The van der Waals surface area contributed by atoms with E-state index in [9.17, 15) is 9.70 Å². The summed E-state index contributed by atoms with van der Waals surface area (Å²) in [5, 5.41) is 4.51. The Morgan fingerprint density at radius 2 is 2.28 bits per heavy atom. The molecule has 5 heteroatoms. The number of hydrogen-bond acceptors (Lipinski definition) is 5. The number of rotatable bonds is 4. The summed E-state index contributed by atoms with van der Waals surface area (Å²) in [6, 6.07) is 6.01. The van der Waals surface area contributed by atoms with E-state index in [4.69, 9.17) is 4.74 Å². The van der Waals surface area contributed by atoms with E-state index in [1.807, 2.05) is 12.1 Å². The minimum Gasteiger partial charge on any atom is -0.464 e. The average Bonchev–Trinajstić information content (AvgIpc) is 2.40. The SMILES string of the molecule is CCOC(=O)C(N=O)c1cccc2ccncc12. The van der Waals surface area contributed by atoms with E-state index in [1.165, 1.54) is 0 Å². The number of carbonyl (C=O) groups excluding carboxylic acids is 1. The highest BCUT2D eigenvalue weighted by Crippen LogP contribution is 2.26. The van der Waals surface area contributed by atoms with Gasteiger partial charge in [-0.3, -0.25) is 4.98 Å². The number of aromatic nitrogens is 1. The molecule has 0 saturated carbocycles. The monoisotopic (exact) mass is 244 g/mol. The largest absolute Gasteiger partial charge is 0.464 e. The molecule has 1 unspecified atom stereocenters. The van der Waals surface area contributed by atoms with Crippen molar-refractivity contribution in [1.29, 1.82) is 0 Å². The summed E-state index contributed by atoms with van der Waals surface area (Å²) in [6.07, 6.45) is 3.27. The average molecular weight is 244 g/mol. The van der Waals surface area contributed by atoms with Crippen molar-refractivity contribution in [3.63, 3.8) is 0 Å². The van der Waals surface area contributed by atoms with Crippen LogP contribution in [0.25, 0.3) is 10.8 Å². The Bertz CT molecular complexity index is 578. The molecule has 2 aromatic rings. The number of esters is 1. The molecule has 0 N–H and O–H groups in total. The zero-order valence-electron chi connectivity index (χ0n) is 9.87. The fraction of sp³-hybridized carbons (Fsp3) is 0.231. The van der Waals surface area contributed by atoms with Gasteiger partial charge in [-0.2, -0.15) is 0 Å². The third-order valence-corrected chi connectivity index (χ3v) is 2.63. The second-order valence-corrected chi connectivity index (χ2v) is 3.70. The summed E-state index contributed by atoms with van der Waals surface area (Å²) in [7, 11) is 0. The van der Waals surface area contributed by atoms with E-state index in [0.29, 0.717) is 5.56 Å². The van der Waals surface area contributed by atoms with Gasteiger partial charge in [-0.15, -0.1) is 4.91 Å². The van der Waals surface area contributed by atoms with Crippen LogP contribution in [0.3, 0.4) is 0 Å². The summed E-state index contributed by atoms with van der Waals surface area (Å²) in [4.78, 5) is 26.6. The molecule has 1 heterocycles. The third-order valence-electron chi connectivity index (χ3n) is 2.63. The highest BCUT2D eigenvalue weighted by atomic mass is 16.5. The second kappa shape index (κ2) is 5.35. The van der Waals surface area contributed by atoms with Crippen LogP contribution < -0.4 is 0 Å². The van der Waals surface area contributed by atoms with Crippen LogP contribution in [0.2, 0.25) is 0 Å². The molecule has 1 atom stereocenters. The van der Waals surface area contributed by atoms with Crippen molar-refractivity contribution in [2.24, 2.45) is 5.18 Å². The van der Waals surface area contributed by atoms with Crippen LogP contribution in [0.5, 0.6) is 0 Å². The third kappa shape index (κ3) is 2.20. The molecule has 0 aliphatic heterocycles. The summed E-state index contributed by atoms with van der Waals surface area (Å²) < 4.78 is 4.85. The van der Waals surface area contributed by atoms with Gasteiger partial charge in [-0.25, -0.2) is 4.79 Å². The number of fused-ring (bicyclic) bond motifs is 1. The van der Waals surface area contributed by atoms with Crippen LogP contribution in [-0.4, -0.2) is 17.6 Å². The quantitative estimate of drug-likeness (QED) is 0.612. The van der Waals surface area contributed by atoms with Gasteiger partial charge >= 0.3 is 5.97 Å². The molecule has 18 heavy (non-hydrogen) atoms. The molecule has 1 aromatic carbocycles. The Kier molecular flexibility index (Phi) is 3.62. The number of nitroso groups, excluding NO2 is 1. The predicted octanol–water partition coefficient (Wildman–Crippen LogP) is 2.61. The first-order valence-corrected chi connectivity index (χ1v) is 5.59. The van der Waals surface area contributed by atoms with Crippen molar-refractivity contribution in [1.82, 2.24) is 4.98 Å². The molecule has 0 radical (unpaired) electrons. The summed E-state index contributed by atoms with van der Waals surface area (Å²) in [5.74, 6) is -0.635. The predicted molar refractivity (Wildman–Crippen MR) is 66.9 cm³/mol. The Labute approximate surface area is 104 Å². The molecular weight excluding hydrogens is 232 g/mol. The zero-order chi connectivity index (χ0) is 13.0. The lowest BCUT2D eigenvalue weighted by molar-refractivity contribution is -0.144. The molecule has 2 rings (SSSR count). The van der Waals surface area contributed by atoms with Crippen molar-refractivity contribution in [2.45, 2.75) is 13.0 Å². The van der Waals surface area contributed by atoms with Gasteiger partial charge in [0.05, 0.1) is 6.61 Å². The number of pyridine rings is 1. The van der Waals surface area contributed by atoms with Gasteiger partial charge < -0.3 is 4.74 Å². The van der Waals surface area contributed by atoms with Gasteiger partial charge in [0.15, 0.2) is 0 Å². The van der Waals surface area contributed by atoms with Crippen molar-refractivity contribution in [3.05, 3.63) is 47.1 Å². The van der Waals surface area contributed by atoms with Crippen LogP contribution in [0, 0.1) is 4.91 Å². The van der Waals surface area contributed by atoms with E-state index in [2.05, 4.69) is 10.2 Å². The lowest BCUT2D eigenvalue weighted by Gasteiger charge is -2.10. The highest BCUT2D eigenvalue weighted by molar-refractivity contribution is 5.90. The number of hydrogen-bond donors (Lipinski definition) is 0. The maximum absolute atomic E-state index is 11.7. The van der Waals surface area contributed by atoms with Gasteiger partial charge in [-0.1, -0.05) is 18.2 Å². The smallest absolute Gasteiger partial charge is 0.339 e. The first kappa shape index (κ1) is 12.2. The summed E-state index contributed by atoms with van der Waals surface area (Å²) in [5.41, 5.74) is 0.522. The lowest BCUT2D eigenvalue weighted by atomic mass is 10.0. The van der Waals surface area contributed by atoms with Crippen LogP contribution >= 0.6 is 0 Å². The minimum absolute atomic E-state index is 0.216. The molecular formula is C13H12N2O3. The molecule has 0 amide bonds. The van der Waals surface area contributed by atoms with Crippen LogP contribution in [0.4, 0.5) is 0 Å². The van der Waals surface area contributed by atoms with Crippen molar-refractivity contribution in [2.75, 3.05) is 6.61 Å². The Balaban J connectivity index is 2.51. The summed E-state index contributed by atoms with van der Waals surface area (Å²) >= 11 is 0. The topological polar surface area (TPSA) is 68.6 Å². The number of carbonyl (C=O) groups is 1. The van der Waals surface area contributed by atoms with E-state index in [1.54, 1.807) is 31.5 Å². The molecule has 0 fully saturated rings. The molecule has 0 bridgehead atoms. The van der Waals surface area contributed by atoms with Crippen LogP contribution in [0.15, 0.2) is 41.8 Å². The maximum atomic E-state index is 11.7. The fourth-order valence-electron chi connectivity index (χ4n) is 1.82. The number of nitrogens with zero attached hydrogens (tertiary/aromatic N) is 2. The first-order valence-electron chi connectivity index (χ1n) is 5.59. The zero-order valence-corrected chi connectivity index (χ0v) is 9.87. The fourth-order valence-corrected chi connectivity index (χ4v) is 1.82. The Morgan fingerprint density at radius 1 is 1.44 bits per heavy atom. The Hall–Kier alpha value is -2.30. The molecule has 0 spiro atoms. The van der Waals surface area contributed by atoms with Crippen LogP contribution in [-0.2, 0) is 9.53 Å². The van der Waals surface area contributed by atoms with Crippen molar-refractivity contribution < 1.29 is 9.53 Å². The molecule has 0 saturated heterocycles. The lowest BCUT2D eigenvalue weighted by Crippen LogP contribution is -2.14. The molecule has 0 aliphatic rings.